The molecule has 0 aliphatic rings. The van der Waals surface area contributed by atoms with Crippen molar-refractivity contribution in [2.45, 2.75) is 26.3 Å². The van der Waals surface area contributed by atoms with Gasteiger partial charge in [-0.1, -0.05) is 26.0 Å². The van der Waals surface area contributed by atoms with Gasteiger partial charge < -0.3 is 16.4 Å². The molecule has 0 spiro atoms. The monoisotopic (exact) mass is 340 g/mol. The number of rotatable bonds is 7. The van der Waals surface area contributed by atoms with Crippen molar-refractivity contribution in [1.82, 2.24) is 10.3 Å². The van der Waals surface area contributed by atoms with Crippen LogP contribution >= 0.6 is 0 Å². The minimum atomic E-state index is -0.312. The van der Waals surface area contributed by atoms with Crippen LogP contribution in [0.1, 0.15) is 42.2 Å². The van der Waals surface area contributed by atoms with Gasteiger partial charge in [0.05, 0.1) is 0 Å². The molecule has 0 aliphatic heterocycles. The van der Waals surface area contributed by atoms with Crippen molar-refractivity contribution in [3.63, 3.8) is 0 Å². The van der Waals surface area contributed by atoms with E-state index in [0.717, 1.165) is 5.56 Å². The summed E-state index contributed by atoms with van der Waals surface area (Å²) in [6, 6.07) is 10.2. The van der Waals surface area contributed by atoms with Crippen LogP contribution in [0.4, 0.5) is 5.69 Å². The van der Waals surface area contributed by atoms with Crippen LogP contribution < -0.4 is 16.4 Å². The van der Waals surface area contributed by atoms with E-state index in [9.17, 15) is 9.59 Å². The molecule has 2 rings (SSSR count). The lowest BCUT2D eigenvalue weighted by molar-refractivity contribution is -0.121. The molecule has 0 aliphatic carbocycles. The highest BCUT2D eigenvalue weighted by Crippen LogP contribution is 2.13. The van der Waals surface area contributed by atoms with E-state index >= 15 is 0 Å². The maximum Gasteiger partial charge on any atom is 0.255 e. The zero-order chi connectivity index (χ0) is 18.2. The van der Waals surface area contributed by atoms with Gasteiger partial charge in [-0.05, 0) is 35.7 Å². The van der Waals surface area contributed by atoms with Crippen molar-refractivity contribution in [1.29, 1.82) is 0 Å². The second-order valence-electron chi connectivity index (χ2n) is 6.32. The van der Waals surface area contributed by atoms with Crippen molar-refractivity contribution >= 4 is 17.5 Å². The van der Waals surface area contributed by atoms with Gasteiger partial charge in [0.25, 0.3) is 5.91 Å². The largest absolute Gasteiger partial charge is 0.354 e. The molecule has 0 bridgehead atoms. The third kappa shape index (κ3) is 6.00. The molecule has 1 unspecified atom stereocenters. The summed E-state index contributed by atoms with van der Waals surface area (Å²) in [7, 11) is 0. The van der Waals surface area contributed by atoms with Crippen molar-refractivity contribution in [3.05, 3.63) is 59.9 Å². The van der Waals surface area contributed by atoms with E-state index in [-0.39, 0.29) is 17.9 Å². The molecule has 1 atom stereocenters. The molecule has 1 aromatic carbocycles. The first-order chi connectivity index (χ1) is 12.0. The molecular formula is C19H24N4O2. The van der Waals surface area contributed by atoms with Crippen LogP contribution in [0.25, 0.3) is 0 Å². The number of benzene rings is 1. The lowest BCUT2D eigenvalue weighted by Crippen LogP contribution is -2.32. The minimum absolute atomic E-state index is 0.00111. The number of nitrogens with two attached hydrogens (primary N) is 1. The molecule has 1 heterocycles. The van der Waals surface area contributed by atoms with Gasteiger partial charge in [-0.2, -0.15) is 0 Å². The number of nitrogens with one attached hydrogen (secondary N) is 2. The summed E-state index contributed by atoms with van der Waals surface area (Å²) < 4.78 is 0. The van der Waals surface area contributed by atoms with E-state index in [1.54, 1.807) is 48.8 Å². The van der Waals surface area contributed by atoms with Gasteiger partial charge >= 0.3 is 0 Å². The number of anilines is 1. The Labute approximate surface area is 147 Å². The van der Waals surface area contributed by atoms with E-state index in [1.807, 2.05) is 13.8 Å². The summed E-state index contributed by atoms with van der Waals surface area (Å²) >= 11 is 0. The van der Waals surface area contributed by atoms with Gasteiger partial charge in [0.2, 0.25) is 5.91 Å². The molecule has 25 heavy (non-hydrogen) atoms. The Bertz CT molecular complexity index is 699. The van der Waals surface area contributed by atoms with Gasteiger partial charge in [-0.3, -0.25) is 14.6 Å². The van der Waals surface area contributed by atoms with Gasteiger partial charge in [-0.15, -0.1) is 0 Å². The second kappa shape index (κ2) is 8.94. The SMILES string of the molecule is CC(C)CC(=O)NCC(N)c1ccc(C(=O)Nc2ccncc2)cc1. The first-order valence-electron chi connectivity index (χ1n) is 8.29. The standard InChI is InChI=1S/C19H24N4O2/c1-13(2)11-18(24)22-12-17(20)14-3-5-15(6-4-14)19(25)23-16-7-9-21-10-8-16/h3-10,13,17H,11-12,20H2,1-2H3,(H,22,24)(H,21,23,25). The average molecular weight is 340 g/mol. The topological polar surface area (TPSA) is 97.1 Å². The number of aromatic nitrogens is 1. The molecule has 2 aromatic rings. The van der Waals surface area contributed by atoms with Crippen molar-refractivity contribution in [2.75, 3.05) is 11.9 Å². The number of pyridine rings is 1. The Balaban J connectivity index is 1.90. The fourth-order valence-electron chi connectivity index (χ4n) is 2.30. The second-order valence-corrected chi connectivity index (χ2v) is 6.32. The van der Waals surface area contributed by atoms with Gasteiger partial charge in [-0.25, -0.2) is 0 Å². The van der Waals surface area contributed by atoms with E-state index in [4.69, 9.17) is 5.73 Å². The molecule has 6 nitrogen and oxygen atoms in total. The first kappa shape index (κ1) is 18.6. The Morgan fingerprint density at radius 3 is 2.32 bits per heavy atom. The summed E-state index contributed by atoms with van der Waals surface area (Å²) in [6.07, 6.45) is 3.72. The van der Waals surface area contributed by atoms with Crippen LogP contribution in [0, 0.1) is 5.92 Å². The summed E-state index contributed by atoms with van der Waals surface area (Å²) in [5, 5.41) is 5.63. The summed E-state index contributed by atoms with van der Waals surface area (Å²) in [6.45, 7) is 4.36. The molecule has 0 fully saturated rings. The quantitative estimate of drug-likeness (QED) is 0.721. The maximum atomic E-state index is 12.2. The van der Waals surface area contributed by atoms with Gasteiger partial charge in [0, 0.05) is 42.7 Å². The summed E-state index contributed by atoms with van der Waals surface area (Å²) in [5.41, 5.74) is 8.19. The number of hydrogen-bond acceptors (Lipinski definition) is 4. The van der Waals surface area contributed by atoms with Crippen LogP contribution in [0.3, 0.4) is 0 Å². The van der Waals surface area contributed by atoms with Crippen molar-refractivity contribution in [3.8, 4) is 0 Å². The van der Waals surface area contributed by atoms with E-state index in [1.165, 1.54) is 0 Å². The highest BCUT2D eigenvalue weighted by molar-refractivity contribution is 6.04. The van der Waals surface area contributed by atoms with Crippen LogP contribution in [-0.2, 0) is 4.79 Å². The number of hydrogen-bond donors (Lipinski definition) is 3. The Kier molecular flexibility index (Phi) is 6.65. The number of carbonyl (C=O) groups excluding carboxylic acids is 2. The fourth-order valence-corrected chi connectivity index (χ4v) is 2.30. The molecule has 6 heteroatoms. The molecule has 0 saturated heterocycles. The predicted molar refractivity (Wildman–Crippen MR) is 98.0 cm³/mol. The predicted octanol–water partition coefficient (Wildman–Crippen LogP) is 2.50. The lowest BCUT2D eigenvalue weighted by Gasteiger charge is -2.14. The fraction of sp³-hybridized carbons (Fsp3) is 0.316. The zero-order valence-electron chi connectivity index (χ0n) is 14.5. The summed E-state index contributed by atoms with van der Waals surface area (Å²) in [5.74, 6) is 0.116. The Morgan fingerprint density at radius 1 is 1.08 bits per heavy atom. The number of carbonyl (C=O) groups is 2. The van der Waals surface area contributed by atoms with Crippen LogP contribution in [0.15, 0.2) is 48.8 Å². The Hall–Kier alpha value is -2.73. The zero-order valence-corrected chi connectivity index (χ0v) is 14.5. The molecule has 0 saturated carbocycles. The third-order valence-electron chi connectivity index (χ3n) is 3.65. The number of amides is 2. The smallest absolute Gasteiger partial charge is 0.255 e. The first-order valence-corrected chi connectivity index (χ1v) is 8.29. The maximum absolute atomic E-state index is 12.2. The molecule has 4 N–H and O–H groups in total. The van der Waals surface area contributed by atoms with Gasteiger partial charge in [0.1, 0.15) is 0 Å². The highest BCUT2D eigenvalue weighted by Gasteiger charge is 2.11. The molecule has 132 valence electrons. The average Bonchev–Trinajstić information content (AvgIpc) is 2.60. The van der Waals surface area contributed by atoms with E-state index in [0.29, 0.717) is 30.1 Å². The molecule has 2 amide bonds. The van der Waals surface area contributed by atoms with E-state index in [2.05, 4.69) is 15.6 Å². The third-order valence-corrected chi connectivity index (χ3v) is 3.65. The van der Waals surface area contributed by atoms with Crippen molar-refractivity contribution < 1.29 is 9.59 Å². The summed E-state index contributed by atoms with van der Waals surface area (Å²) in [4.78, 5) is 27.8. The normalized spacial score (nSPS) is 11.8. The van der Waals surface area contributed by atoms with Gasteiger partial charge in [0.15, 0.2) is 0 Å². The molecule has 0 radical (unpaired) electrons. The van der Waals surface area contributed by atoms with Crippen LogP contribution in [0.5, 0.6) is 0 Å². The van der Waals surface area contributed by atoms with Crippen LogP contribution in [-0.4, -0.2) is 23.3 Å². The van der Waals surface area contributed by atoms with E-state index < -0.39 is 0 Å². The molecular weight excluding hydrogens is 316 g/mol. The minimum Gasteiger partial charge on any atom is -0.354 e. The highest BCUT2D eigenvalue weighted by atomic mass is 16.2. The number of nitrogens with zero attached hydrogens (tertiary/aromatic N) is 1. The lowest BCUT2D eigenvalue weighted by atomic mass is 10.0. The molecule has 1 aromatic heterocycles. The Morgan fingerprint density at radius 2 is 1.72 bits per heavy atom. The van der Waals surface area contributed by atoms with Crippen LogP contribution in [0.2, 0.25) is 0 Å². The van der Waals surface area contributed by atoms with Crippen molar-refractivity contribution in [2.24, 2.45) is 11.7 Å².